The number of hydrogen-bond donors (Lipinski definition) is 1. The second-order valence-electron chi connectivity index (χ2n) is 9.05. The molecule has 0 heterocycles. The molecule has 7 heteroatoms. The van der Waals surface area contributed by atoms with Gasteiger partial charge in [-0.3, -0.25) is 0 Å². The highest BCUT2D eigenvalue weighted by Crippen LogP contribution is 2.37. The van der Waals surface area contributed by atoms with Crippen molar-refractivity contribution < 1.29 is 18.1 Å². The molecule has 0 fully saturated rings. The summed E-state index contributed by atoms with van der Waals surface area (Å²) in [5.74, 6) is 0.0423. The minimum absolute atomic E-state index is 0.0559. The number of halogens is 1. The second kappa shape index (κ2) is 8.60. The van der Waals surface area contributed by atoms with Gasteiger partial charge in [0.1, 0.15) is 16.3 Å². The Hall–Kier alpha value is -0.603. The van der Waals surface area contributed by atoms with Crippen LogP contribution in [0, 0.1) is 5.82 Å². The number of benzene rings is 1. The Kier molecular flexibility index (Phi) is 7.76. The van der Waals surface area contributed by atoms with E-state index in [1.54, 1.807) is 6.07 Å². The molecule has 150 valence electrons. The largest absolute Gasteiger partial charge is 0.598 e. The van der Waals surface area contributed by atoms with E-state index in [1.807, 2.05) is 20.8 Å². The zero-order valence-electron chi connectivity index (χ0n) is 17.5. The van der Waals surface area contributed by atoms with Crippen LogP contribution < -0.4 is 9.46 Å². The van der Waals surface area contributed by atoms with Gasteiger partial charge in [0.15, 0.2) is 8.32 Å². The van der Waals surface area contributed by atoms with Crippen molar-refractivity contribution in [1.82, 2.24) is 4.72 Å². The Balaban J connectivity index is 3.13. The lowest BCUT2D eigenvalue weighted by molar-refractivity contribution is 0.255. The maximum atomic E-state index is 14.0. The predicted octanol–water partition coefficient (Wildman–Crippen LogP) is 4.95. The third-order valence-corrected chi connectivity index (χ3v) is 10.9. The number of ether oxygens (including phenoxy) is 1. The number of nitrogens with one attached hydrogen (secondary N) is 1. The monoisotopic (exact) mass is 403 g/mol. The molecule has 1 aromatic rings. The van der Waals surface area contributed by atoms with Crippen molar-refractivity contribution in [3.05, 3.63) is 29.6 Å². The van der Waals surface area contributed by atoms with E-state index in [1.165, 1.54) is 19.2 Å². The molecular weight excluding hydrogens is 369 g/mol. The summed E-state index contributed by atoms with van der Waals surface area (Å²) in [6, 6.07) is 4.13. The minimum atomic E-state index is -2.00. The molecule has 1 N–H and O–H groups in total. The van der Waals surface area contributed by atoms with Crippen LogP contribution in [0.4, 0.5) is 4.39 Å². The van der Waals surface area contributed by atoms with Gasteiger partial charge in [-0.2, -0.15) is 0 Å². The Morgan fingerprint density at radius 1 is 1.15 bits per heavy atom. The molecule has 0 aliphatic carbocycles. The van der Waals surface area contributed by atoms with Crippen molar-refractivity contribution in [2.45, 2.75) is 70.5 Å². The Labute approximate surface area is 162 Å². The van der Waals surface area contributed by atoms with Gasteiger partial charge in [-0.15, -0.1) is 4.72 Å². The van der Waals surface area contributed by atoms with Gasteiger partial charge in [0.25, 0.3) is 0 Å². The van der Waals surface area contributed by atoms with Gasteiger partial charge in [-0.25, -0.2) is 4.39 Å². The van der Waals surface area contributed by atoms with Crippen LogP contribution in [-0.2, 0) is 15.8 Å². The smallest absolute Gasteiger partial charge is 0.192 e. The lowest BCUT2D eigenvalue weighted by Crippen LogP contribution is -2.46. The molecule has 0 radical (unpaired) electrons. The van der Waals surface area contributed by atoms with E-state index in [0.717, 1.165) is 0 Å². The number of methoxy groups -OCH3 is 1. The number of rotatable bonds is 7. The normalized spacial score (nSPS) is 15.7. The van der Waals surface area contributed by atoms with Crippen LogP contribution in [-0.4, -0.2) is 31.3 Å². The maximum absolute atomic E-state index is 14.0. The highest BCUT2D eigenvalue weighted by Gasteiger charge is 2.38. The molecule has 0 aromatic heterocycles. The van der Waals surface area contributed by atoms with Crippen molar-refractivity contribution in [3.63, 3.8) is 0 Å². The molecule has 0 spiro atoms. The Bertz CT molecular complexity index is 599. The molecule has 0 saturated heterocycles. The summed E-state index contributed by atoms with van der Waals surface area (Å²) >= 11 is -1.31. The van der Waals surface area contributed by atoms with E-state index in [2.05, 4.69) is 38.6 Å². The molecule has 0 aliphatic rings. The summed E-state index contributed by atoms with van der Waals surface area (Å²) < 4.78 is 40.8. The van der Waals surface area contributed by atoms with Crippen molar-refractivity contribution >= 4 is 19.7 Å². The molecule has 26 heavy (non-hydrogen) atoms. The average molecular weight is 404 g/mol. The molecule has 0 amide bonds. The zero-order valence-corrected chi connectivity index (χ0v) is 19.3. The fraction of sp³-hybridized carbons (Fsp3) is 0.684. The zero-order chi connectivity index (χ0) is 20.3. The Morgan fingerprint density at radius 3 is 2.19 bits per heavy atom. The van der Waals surface area contributed by atoms with Crippen molar-refractivity contribution in [2.24, 2.45) is 0 Å². The van der Waals surface area contributed by atoms with Gasteiger partial charge < -0.3 is 13.7 Å². The highest BCUT2D eigenvalue weighted by molar-refractivity contribution is 7.90. The fourth-order valence-corrected chi connectivity index (χ4v) is 3.75. The standard InChI is InChI=1S/C19H34FNO3SSi/c1-18(2,3)25(22)21-17(13-24-26(8,9)19(4,5)6)14-10-15(20)12-16(11-14)23-7/h10-12,17,21H,13H2,1-9H3/t17-,25+/m1/s1. The maximum Gasteiger partial charge on any atom is 0.192 e. The van der Waals surface area contributed by atoms with Gasteiger partial charge in [0.05, 0.1) is 19.8 Å². The first-order valence-electron chi connectivity index (χ1n) is 8.84. The summed E-state index contributed by atoms with van der Waals surface area (Å²) in [5, 5.41) is 0.0559. The van der Waals surface area contributed by atoms with Gasteiger partial charge in [-0.05, 0) is 56.6 Å². The van der Waals surface area contributed by atoms with E-state index in [4.69, 9.17) is 9.16 Å². The summed E-state index contributed by atoms with van der Waals surface area (Å²) in [4.78, 5) is 0. The molecular formula is C19H34FNO3SSi. The topological polar surface area (TPSA) is 53.5 Å². The van der Waals surface area contributed by atoms with Crippen LogP contribution in [0.5, 0.6) is 5.75 Å². The first-order chi connectivity index (χ1) is 11.7. The first kappa shape index (κ1) is 23.4. The van der Waals surface area contributed by atoms with Crippen molar-refractivity contribution in [1.29, 1.82) is 0 Å². The SMILES string of the molecule is COc1cc(F)cc([C@@H](CO[Si](C)(C)C(C)(C)C)N[S@@+]([O-])C(C)(C)C)c1. The summed E-state index contributed by atoms with van der Waals surface area (Å²) in [6.45, 7) is 16.8. The third kappa shape index (κ3) is 6.53. The summed E-state index contributed by atoms with van der Waals surface area (Å²) in [7, 11) is -0.497. The average Bonchev–Trinajstić information content (AvgIpc) is 2.48. The van der Waals surface area contributed by atoms with Crippen LogP contribution in [0.3, 0.4) is 0 Å². The van der Waals surface area contributed by atoms with E-state index < -0.39 is 30.5 Å². The van der Waals surface area contributed by atoms with E-state index in [-0.39, 0.29) is 10.9 Å². The molecule has 2 atom stereocenters. The molecule has 0 bridgehead atoms. The van der Waals surface area contributed by atoms with Gasteiger partial charge >= 0.3 is 0 Å². The van der Waals surface area contributed by atoms with Crippen LogP contribution in [0.1, 0.15) is 53.1 Å². The first-order valence-corrected chi connectivity index (χ1v) is 12.9. The van der Waals surface area contributed by atoms with Crippen LogP contribution in [0.2, 0.25) is 18.1 Å². The quantitative estimate of drug-likeness (QED) is 0.517. The lowest BCUT2D eigenvalue weighted by Gasteiger charge is -2.37. The molecule has 0 aliphatic heterocycles. The second-order valence-corrected chi connectivity index (χ2v) is 15.9. The number of hydrogen-bond acceptors (Lipinski definition) is 4. The van der Waals surface area contributed by atoms with Gasteiger partial charge in [0, 0.05) is 17.4 Å². The van der Waals surface area contributed by atoms with Gasteiger partial charge in [0.2, 0.25) is 0 Å². The highest BCUT2D eigenvalue weighted by atomic mass is 32.2. The summed E-state index contributed by atoms with van der Waals surface area (Å²) in [6.07, 6.45) is 0. The van der Waals surface area contributed by atoms with E-state index in [0.29, 0.717) is 17.9 Å². The van der Waals surface area contributed by atoms with Crippen LogP contribution in [0.15, 0.2) is 18.2 Å². The van der Waals surface area contributed by atoms with E-state index in [9.17, 15) is 8.94 Å². The van der Waals surface area contributed by atoms with Crippen molar-refractivity contribution in [3.8, 4) is 5.75 Å². The molecule has 4 nitrogen and oxygen atoms in total. The molecule has 1 rings (SSSR count). The third-order valence-electron chi connectivity index (χ3n) is 4.75. The van der Waals surface area contributed by atoms with Gasteiger partial charge in [-0.1, -0.05) is 20.8 Å². The fourth-order valence-electron chi connectivity index (χ4n) is 1.92. The Morgan fingerprint density at radius 2 is 1.73 bits per heavy atom. The van der Waals surface area contributed by atoms with Crippen LogP contribution >= 0.6 is 0 Å². The minimum Gasteiger partial charge on any atom is -0.598 e. The molecule has 0 unspecified atom stereocenters. The van der Waals surface area contributed by atoms with E-state index >= 15 is 0 Å². The van der Waals surface area contributed by atoms with Crippen molar-refractivity contribution in [2.75, 3.05) is 13.7 Å². The molecule has 1 aromatic carbocycles. The predicted molar refractivity (Wildman–Crippen MR) is 110 cm³/mol. The summed E-state index contributed by atoms with van der Waals surface area (Å²) in [5.41, 5.74) is 0.665. The molecule has 0 saturated carbocycles. The van der Waals surface area contributed by atoms with Crippen LogP contribution in [0.25, 0.3) is 0 Å². The lowest BCUT2D eigenvalue weighted by atomic mass is 10.1.